The van der Waals surface area contributed by atoms with E-state index >= 15 is 0 Å². The molecule has 4 heteroatoms. The van der Waals surface area contributed by atoms with Gasteiger partial charge in [0.15, 0.2) is 0 Å². The van der Waals surface area contributed by atoms with E-state index < -0.39 is 0 Å². The van der Waals surface area contributed by atoms with Gasteiger partial charge in [0.1, 0.15) is 0 Å². The Hall–Kier alpha value is -1.32. The molecule has 3 aromatic rings. The van der Waals surface area contributed by atoms with Gasteiger partial charge in [-0.05, 0) is 0 Å². The maximum atomic E-state index is 6.27. The molecular formula is C17H16AuClN2. The van der Waals surface area contributed by atoms with Crippen LogP contribution in [0.15, 0.2) is 73.1 Å². The molecule has 21 heavy (non-hydrogen) atoms. The molecule has 0 aliphatic heterocycles. The summed E-state index contributed by atoms with van der Waals surface area (Å²) in [5.74, 6) is 0. The molecule has 0 N–H and O–H groups in total. The summed E-state index contributed by atoms with van der Waals surface area (Å²) in [6, 6.07) is 21.0. The van der Waals surface area contributed by atoms with Gasteiger partial charge < -0.3 is 0 Å². The van der Waals surface area contributed by atoms with Crippen LogP contribution >= 0.6 is 9.19 Å². The van der Waals surface area contributed by atoms with E-state index in [2.05, 4.69) is 70.1 Å². The molecule has 2 nitrogen and oxygen atoms in total. The number of halogens is 1. The molecule has 2 aromatic carbocycles. The minimum absolute atomic E-state index is 0.379. The van der Waals surface area contributed by atoms with Gasteiger partial charge in [0.25, 0.3) is 0 Å². The van der Waals surface area contributed by atoms with Crippen molar-refractivity contribution >= 4 is 9.19 Å². The van der Waals surface area contributed by atoms with Gasteiger partial charge in [0.2, 0.25) is 0 Å². The van der Waals surface area contributed by atoms with Crippen molar-refractivity contribution in [2.24, 2.45) is 0 Å². The van der Waals surface area contributed by atoms with E-state index in [1.807, 2.05) is 12.1 Å². The fourth-order valence-electron chi connectivity index (χ4n) is 2.29. The number of hydrogen-bond acceptors (Lipinski definition) is 0. The van der Waals surface area contributed by atoms with E-state index in [-0.39, 0.29) is 18.2 Å². The number of imidazole rings is 1. The third-order valence-electron chi connectivity index (χ3n) is 3.30. The first kappa shape index (κ1) is 14.6. The normalized spacial score (nSPS) is 10.9. The number of nitrogens with zero attached hydrogens (tertiary/aromatic N) is 2. The molecule has 0 unspecified atom stereocenters. The van der Waals surface area contributed by atoms with Crippen molar-refractivity contribution in [3.8, 4) is 0 Å². The average molecular weight is 481 g/mol. The number of aromatic nitrogens is 2. The van der Waals surface area contributed by atoms with Crippen LogP contribution in [0.1, 0.15) is 11.1 Å². The SMILES string of the molecule is [Cl][Au]=[c]1n(Cc2ccccc2)ccn1Cc1ccccc1. The molecule has 0 aliphatic rings. The summed E-state index contributed by atoms with van der Waals surface area (Å²) in [6.07, 6.45) is 4.26. The molecule has 0 aliphatic carbocycles. The van der Waals surface area contributed by atoms with Crippen LogP contribution in [-0.4, -0.2) is 9.13 Å². The Morgan fingerprint density at radius 3 is 1.52 bits per heavy atom. The minimum atomic E-state index is -0.379. The summed E-state index contributed by atoms with van der Waals surface area (Å²) in [6.45, 7) is 1.75. The molecule has 0 bridgehead atoms. The first-order valence-corrected chi connectivity index (χ1v) is 10.5. The van der Waals surface area contributed by atoms with Crippen LogP contribution in [0.2, 0.25) is 0 Å². The van der Waals surface area contributed by atoms with Crippen LogP contribution < -0.4 is 0 Å². The summed E-state index contributed by atoms with van der Waals surface area (Å²) in [5.41, 5.74) is 2.60. The summed E-state index contributed by atoms with van der Waals surface area (Å²) in [7, 11) is 6.27. The van der Waals surface area contributed by atoms with Gasteiger partial charge in [-0.3, -0.25) is 0 Å². The Balaban J connectivity index is 1.88. The summed E-state index contributed by atoms with van der Waals surface area (Å²) in [5, 5.41) is 0. The molecule has 0 saturated carbocycles. The average Bonchev–Trinajstić information content (AvgIpc) is 2.91. The Kier molecular flexibility index (Phi) is 4.94. The van der Waals surface area contributed by atoms with Crippen LogP contribution in [-0.2, 0) is 31.3 Å². The molecule has 0 saturated heterocycles. The van der Waals surface area contributed by atoms with E-state index in [4.69, 9.17) is 9.19 Å². The van der Waals surface area contributed by atoms with E-state index in [9.17, 15) is 0 Å². The fourth-order valence-corrected chi connectivity index (χ4v) is 4.49. The molecule has 1 aromatic heterocycles. The van der Waals surface area contributed by atoms with Gasteiger partial charge in [0, 0.05) is 0 Å². The zero-order valence-corrected chi connectivity index (χ0v) is 14.3. The van der Waals surface area contributed by atoms with Crippen LogP contribution in [0.3, 0.4) is 0 Å². The van der Waals surface area contributed by atoms with E-state index in [0.717, 1.165) is 13.1 Å². The van der Waals surface area contributed by atoms with E-state index in [1.54, 1.807) is 0 Å². The monoisotopic (exact) mass is 480 g/mol. The van der Waals surface area contributed by atoms with Gasteiger partial charge in [-0.1, -0.05) is 0 Å². The van der Waals surface area contributed by atoms with Crippen LogP contribution in [0.4, 0.5) is 0 Å². The predicted octanol–water partition coefficient (Wildman–Crippen LogP) is 4.15. The fraction of sp³-hybridized carbons (Fsp3) is 0.118. The number of rotatable bonds is 4. The molecule has 3 rings (SSSR count). The van der Waals surface area contributed by atoms with Crippen molar-refractivity contribution < 1.29 is 18.2 Å². The standard InChI is InChI=1S/C17H16N2.Au.ClH/c1-3-7-16(8-4-1)13-18-11-12-19(15-18)14-17-9-5-2-6-10-17;;/h1-12H,13-14H2;;1H/q;+1;/p-1. The Labute approximate surface area is 137 Å². The second-order valence-electron chi connectivity index (χ2n) is 4.82. The van der Waals surface area contributed by atoms with Crippen LogP contribution in [0.5, 0.6) is 0 Å². The Bertz CT molecular complexity index is 698. The van der Waals surface area contributed by atoms with Crippen molar-refractivity contribution in [3.05, 3.63) is 87.8 Å². The molecular weight excluding hydrogens is 465 g/mol. The predicted molar refractivity (Wildman–Crippen MR) is 82.6 cm³/mol. The third-order valence-corrected chi connectivity index (χ3v) is 5.74. The summed E-state index contributed by atoms with van der Waals surface area (Å²) in [4.78, 5) is 0. The molecule has 1 heterocycles. The molecule has 0 radical (unpaired) electrons. The van der Waals surface area contributed by atoms with Gasteiger partial charge in [-0.2, -0.15) is 0 Å². The van der Waals surface area contributed by atoms with E-state index in [1.165, 1.54) is 14.8 Å². The molecule has 0 amide bonds. The Morgan fingerprint density at radius 2 is 1.14 bits per heavy atom. The topological polar surface area (TPSA) is 9.86 Å². The first-order valence-electron chi connectivity index (χ1n) is 6.72. The second kappa shape index (κ2) is 7.10. The quantitative estimate of drug-likeness (QED) is 0.497. The van der Waals surface area contributed by atoms with Crippen molar-refractivity contribution in [1.29, 1.82) is 0 Å². The van der Waals surface area contributed by atoms with Gasteiger partial charge in [-0.25, -0.2) is 0 Å². The first-order chi connectivity index (χ1) is 10.4. The Morgan fingerprint density at radius 1 is 0.714 bits per heavy atom. The van der Waals surface area contributed by atoms with Crippen molar-refractivity contribution in [2.45, 2.75) is 13.1 Å². The molecule has 0 atom stereocenters. The van der Waals surface area contributed by atoms with Crippen LogP contribution in [0.25, 0.3) is 0 Å². The zero-order valence-electron chi connectivity index (χ0n) is 11.4. The second-order valence-corrected chi connectivity index (χ2v) is 7.13. The van der Waals surface area contributed by atoms with Crippen molar-refractivity contribution in [2.75, 3.05) is 0 Å². The van der Waals surface area contributed by atoms with Gasteiger partial charge in [0.05, 0.1) is 0 Å². The summed E-state index contributed by atoms with van der Waals surface area (Å²) < 4.78 is 5.74. The molecule has 0 spiro atoms. The van der Waals surface area contributed by atoms with Gasteiger partial charge >= 0.3 is 137 Å². The summed E-state index contributed by atoms with van der Waals surface area (Å²) >= 11 is -0.379. The van der Waals surface area contributed by atoms with Crippen molar-refractivity contribution in [3.63, 3.8) is 0 Å². The van der Waals surface area contributed by atoms with Crippen molar-refractivity contribution in [1.82, 2.24) is 9.13 Å². The van der Waals surface area contributed by atoms with Crippen LogP contribution in [0, 0.1) is 3.63 Å². The van der Waals surface area contributed by atoms with Gasteiger partial charge in [-0.15, -0.1) is 0 Å². The third kappa shape index (κ3) is 3.66. The van der Waals surface area contributed by atoms with E-state index in [0.29, 0.717) is 0 Å². The molecule has 0 fully saturated rings. The molecule has 112 valence electrons. The number of benzene rings is 2. The maximum absolute atomic E-state index is 6.27. The zero-order chi connectivity index (χ0) is 14.5. The number of hydrogen-bond donors (Lipinski definition) is 0.